The van der Waals surface area contributed by atoms with Gasteiger partial charge in [0, 0.05) is 17.3 Å². The third kappa shape index (κ3) is 3.40. The van der Waals surface area contributed by atoms with E-state index in [4.69, 9.17) is 0 Å². The Morgan fingerprint density at radius 1 is 1.08 bits per heavy atom. The second kappa shape index (κ2) is 7.05. The van der Waals surface area contributed by atoms with Crippen molar-refractivity contribution in [2.24, 2.45) is 0 Å². The molecule has 130 valence electrons. The van der Waals surface area contributed by atoms with Crippen LogP contribution in [-0.2, 0) is 4.79 Å². The molecule has 1 saturated carbocycles. The molecule has 0 spiro atoms. The van der Waals surface area contributed by atoms with Crippen molar-refractivity contribution < 1.29 is 14.7 Å². The van der Waals surface area contributed by atoms with Crippen molar-refractivity contribution in [2.75, 3.05) is 0 Å². The summed E-state index contributed by atoms with van der Waals surface area (Å²) in [6.07, 6.45) is 5.32. The van der Waals surface area contributed by atoms with E-state index in [2.05, 4.69) is 10.3 Å². The molecule has 1 amide bonds. The molecule has 0 atom stereocenters. The maximum atomic E-state index is 12.8. The van der Waals surface area contributed by atoms with Crippen LogP contribution < -0.4 is 5.32 Å². The molecule has 3 rings (SSSR count). The summed E-state index contributed by atoms with van der Waals surface area (Å²) < 4.78 is 0. The Morgan fingerprint density at radius 2 is 1.84 bits per heavy atom. The van der Waals surface area contributed by atoms with Gasteiger partial charge in [0.2, 0.25) is 0 Å². The van der Waals surface area contributed by atoms with Crippen LogP contribution in [-0.4, -0.2) is 27.5 Å². The highest BCUT2D eigenvalue weighted by atomic mass is 16.4. The van der Waals surface area contributed by atoms with E-state index in [9.17, 15) is 14.7 Å². The van der Waals surface area contributed by atoms with Crippen molar-refractivity contribution in [1.29, 1.82) is 0 Å². The van der Waals surface area contributed by atoms with Crippen molar-refractivity contribution in [3.05, 3.63) is 53.7 Å². The van der Waals surface area contributed by atoms with Gasteiger partial charge in [-0.2, -0.15) is 0 Å². The number of carbonyl (C=O) groups excluding carboxylic acids is 1. The first-order valence-electron chi connectivity index (χ1n) is 8.60. The van der Waals surface area contributed by atoms with Crippen LogP contribution in [0.25, 0.3) is 11.3 Å². The van der Waals surface area contributed by atoms with Gasteiger partial charge in [0.05, 0.1) is 5.69 Å². The van der Waals surface area contributed by atoms with Crippen LogP contribution >= 0.6 is 0 Å². The van der Waals surface area contributed by atoms with E-state index < -0.39 is 11.5 Å². The third-order valence-electron chi connectivity index (χ3n) is 4.99. The molecule has 1 aromatic carbocycles. The van der Waals surface area contributed by atoms with Crippen LogP contribution in [0.5, 0.6) is 0 Å². The number of pyridine rings is 1. The number of carboxylic acid groups (broad SMARTS) is 1. The number of hydrogen-bond acceptors (Lipinski definition) is 3. The summed E-state index contributed by atoms with van der Waals surface area (Å²) in [5, 5.41) is 12.5. The van der Waals surface area contributed by atoms with Crippen LogP contribution in [0.4, 0.5) is 0 Å². The van der Waals surface area contributed by atoms with Crippen molar-refractivity contribution in [3.63, 3.8) is 0 Å². The Kier molecular flexibility index (Phi) is 4.83. The van der Waals surface area contributed by atoms with Crippen molar-refractivity contribution in [3.8, 4) is 11.3 Å². The smallest absolute Gasteiger partial charge is 0.329 e. The number of hydrogen-bond donors (Lipinski definition) is 2. The predicted octanol–water partition coefficient (Wildman–Crippen LogP) is 3.57. The summed E-state index contributed by atoms with van der Waals surface area (Å²) in [5.41, 5.74) is 1.81. The van der Waals surface area contributed by atoms with Gasteiger partial charge >= 0.3 is 5.97 Å². The van der Waals surface area contributed by atoms with Crippen LogP contribution in [0.2, 0.25) is 0 Å². The molecule has 1 aliphatic carbocycles. The summed E-state index contributed by atoms with van der Waals surface area (Å²) in [6.45, 7) is 1.87. The first kappa shape index (κ1) is 17.1. The average Bonchev–Trinajstić information content (AvgIpc) is 2.63. The third-order valence-corrected chi connectivity index (χ3v) is 4.99. The SMILES string of the molecule is Cc1c(C(=O)NC2(C(=O)O)CCCCC2)cccc1-c1ccccn1. The topological polar surface area (TPSA) is 79.3 Å². The van der Waals surface area contributed by atoms with Gasteiger partial charge in [0.15, 0.2) is 0 Å². The highest BCUT2D eigenvalue weighted by molar-refractivity contribution is 6.00. The number of rotatable bonds is 4. The van der Waals surface area contributed by atoms with Gasteiger partial charge in [0.25, 0.3) is 5.91 Å². The Hall–Kier alpha value is -2.69. The number of aliphatic carboxylic acids is 1. The number of benzene rings is 1. The molecule has 1 fully saturated rings. The first-order chi connectivity index (χ1) is 12.0. The molecule has 25 heavy (non-hydrogen) atoms. The summed E-state index contributed by atoms with van der Waals surface area (Å²) in [7, 11) is 0. The molecule has 0 radical (unpaired) electrons. The van der Waals surface area contributed by atoms with Crippen molar-refractivity contribution in [2.45, 2.75) is 44.6 Å². The minimum absolute atomic E-state index is 0.334. The van der Waals surface area contributed by atoms with Crippen LogP contribution in [0.15, 0.2) is 42.6 Å². The highest BCUT2D eigenvalue weighted by Gasteiger charge is 2.41. The molecule has 5 heteroatoms. The molecule has 1 aromatic heterocycles. The van der Waals surface area contributed by atoms with Crippen LogP contribution in [0.1, 0.15) is 48.0 Å². The molecule has 0 bridgehead atoms. The molecule has 1 heterocycles. The van der Waals surface area contributed by atoms with Gasteiger partial charge in [-0.1, -0.05) is 37.5 Å². The molecule has 2 N–H and O–H groups in total. The maximum absolute atomic E-state index is 12.8. The quantitative estimate of drug-likeness (QED) is 0.893. The lowest BCUT2D eigenvalue weighted by molar-refractivity contribution is -0.145. The Bertz CT molecular complexity index is 781. The first-order valence-corrected chi connectivity index (χ1v) is 8.60. The lowest BCUT2D eigenvalue weighted by Crippen LogP contribution is -2.55. The van der Waals surface area contributed by atoms with Gasteiger partial charge in [-0.15, -0.1) is 0 Å². The van der Waals surface area contributed by atoms with E-state index in [1.165, 1.54) is 0 Å². The van der Waals surface area contributed by atoms with E-state index in [1.54, 1.807) is 18.3 Å². The van der Waals surface area contributed by atoms with Gasteiger partial charge in [-0.05, 0) is 43.5 Å². The number of carboxylic acids is 1. The highest BCUT2D eigenvalue weighted by Crippen LogP contribution is 2.30. The maximum Gasteiger partial charge on any atom is 0.329 e. The van der Waals surface area contributed by atoms with E-state index >= 15 is 0 Å². The summed E-state index contributed by atoms with van der Waals surface area (Å²) in [6, 6.07) is 11.1. The minimum Gasteiger partial charge on any atom is -0.480 e. The fourth-order valence-electron chi connectivity index (χ4n) is 3.51. The lowest BCUT2D eigenvalue weighted by Gasteiger charge is -2.34. The number of amides is 1. The lowest BCUT2D eigenvalue weighted by atomic mass is 9.81. The number of carbonyl (C=O) groups is 2. The Labute approximate surface area is 147 Å². The zero-order chi connectivity index (χ0) is 17.9. The Balaban J connectivity index is 1.91. The number of aromatic nitrogens is 1. The fourth-order valence-corrected chi connectivity index (χ4v) is 3.51. The molecule has 2 aromatic rings. The van der Waals surface area contributed by atoms with E-state index in [1.807, 2.05) is 31.2 Å². The van der Waals surface area contributed by atoms with Gasteiger partial charge in [-0.25, -0.2) is 4.79 Å². The molecule has 5 nitrogen and oxygen atoms in total. The average molecular weight is 338 g/mol. The molecule has 0 saturated heterocycles. The summed E-state index contributed by atoms with van der Waals surface area (Å²) in [5.74, 6) is -1.28. The molecule has 1 aliphatic rings. The normalized spacial score (nSPS) is 16.2. The fraction of sp³-hybridized carbons (Fsp3) is 0.350. The summed E-state index contributed by atoms with van der Waals surface area (Å²) in [4.78, 5) is 29.0. The van der Waals surface area contributed by atoms with Gasteiger partial charge in [-0.3, -0.25) is 9.78 Å². The van der Waals surface area contributed by atoms with E-state index in [0.29, 0.717) is 18.4 Å². The van der Waals surface area contributed by atoms with Crippen LogP contribution in [0.3, 0.4) is 0 Å². The predicted molar refractivity (Wildman–Crippen MR) is 95.3 cm³/mol. The second-order valence-corrected chi connectivity index (χ2v) is 6.60. The van der Waals surface area contributed by atoms with Gasteiger partial charge < -0.3 is 10.4 Å². The van der Waals surface area contributed by atoms with Crippen molar-refractivity contribution >= 4 is 11.9 Å². The van der Waals surface area contributed by atoms with Gasteiger partial charge in [0.1, 0.15) is 5.54 Å². The number of nitrogens with one attached hydrogen (secondary N) is 1. The van der Waals surface area contributed by atoms with E-state index in [-0.39, 0.29) is 5.91 Å². The standard InChI is InChI=1S/C20H22N2O3/c1-14-15(17-10-3-6-13-21-17)8-7-9-16(14)18(23)22-20(19(24)25)11-4-2-5-12-20/h3,6-10,13H,2,4-5,11-12H2,1H3,(H,22,23)(H,24,25). The summed E-state index contributed by atoms with van der Waals surface area (Å²) >= 11 is 0. The molecular formula is C20H22N2O3. The Morgan fingerprint density at radius 3 is 2.48 bits per heavy atom. The number of nitrogens with zero attached hydrogens (tertiary/aromatic N) is 1. The van der Waals surface area contributed by atoms with Crippen molar-refractivity contribution in [1.82, 2.24) is 10.3 Å². The molecular weight excluding hydrogens is 316 g/mol. The van der Waals surface area contributed by atoms with Crippen LogP contribution in [0, 0.1) is 6.92 Å². The minimum atomic E-state index is -1.15. The zero-order valence-corrected chi connectivity index (χ0v) is 14.3. The van der Waals surface area contributed by atoms with E-state index in [0.717, 1.165) is 36.1 Å². The molecule has 0 unspecified atom stereocenters. The monoisotopic (exact) mass is 338 g/mol. The largest absolute Gasteiger partial charge is 0.480 e. The molecule has 0 aliphatic heterocycles. The second-order valence-electron chi connectivity index (χ2n) is 6.60. The zero-order valence-electron chi connectivity index (χ0n) is 14.3.